The summed E-state index contributed by atoms with van der Waals surface area (Å²) >= 11 is 10.9. The largest absolute Gasteiger partial charge is 0.330 e. The zero-order chi connectivity index (χ0) is 13.6. The van der Waals surface area contributed by atoms with E-state index in [1.165, 1.54) is 28.8 Å². The summed E-state index contributed by atoms with van der Waals surface area (Å²) in [6.07, 6.45) is 0. The van der Waals surface area contributed by atoms with Gasteiger partial charge < -0.3 is 4.98 Å². The van der Waals surface area contributed by atoms with Gasteiger partial charge in [-0.05, 0) is 48.6 Å². The van der Waals surface area contributed by atoms with Crippen molar-refractivity contribution in [2.24, 2.45) is 0 Å². The Morgan fingerprint density at radius 2 is 1.89 bits per heavy atom. The van der Waals surface area contributed by atoms with Gasteiger partial charge in [-0.3, -0.25) is 4.57 Å². The zero-order valence-corrected chi connectivity index (χ0v) is 11.0. The third kappa shape index (κ3) is 2.05. The predicted octanol–water partition coefficient (Wildman–Crippen LogP) is 4.62. The summed E-state index contributed by atoms with van der Waals surface area (Å²) in [4.78, 5) is 2.85. The number of nitrogens with one attached hydrogen (secondary N) is 1. The average molecular weight is 297 g/mol. The Morgan fingerprint density at radius 3 is 2.63 bits per heavy atom. The van der Waals surface area contributed by atoms with Crippen molar-refractivity contribution in [1.82, 2.24) is 9.55 Å². The average Bonchev–Trinajstić information content (AvgIpc) is 2.65. The van der Waals surface area contributed by atoms with Crippen molar-refractivity contribution in [1.29, 1.82) is 0 Å². The van der Waals surface area contributed by atoms with Crippen LogP contribution in [0.15, 0.2) is 36.4 Å². The van der Waals surface area contributed by atoms with E-state index in [-0.39, 0.29) is 11.5 Å². The molecular formula is C13H7ClF2N2S. The lowest BCUT2D eigenvalue weighted by Gasteiger charge is -2.06. The third-order valence-electron chi connectivity index (χ3n) is 2.79. The van der Waals surface area contributed by atoms with Crippen LogP contribution in [0.2, 0.25) is 5.02 Å². The first kappa shape index (κ1) is 12.3. The molecule has 0 radical (unpaired) electrons. The van der Waals surface area contributed by atoms with Crippen LogP contribution < -0.4 is 0 Å². The molecule has 1 heterocycles. The van der Waals surface area contributed by atoms with Gasteiger partial charge in [0.25, 0.3) is 0 Å². The van der Waals surface area contributed by atoms with Crippen LogP contribution in [0, 0.1) is 16.4 Å². The molecule has 0 fully saturated rings. The number of aromatic amines is 1. The maximum Gasteiger partial charge on any atom is 0.182 e. The highest BCUT2D eigenvalue weighted by atomic mass is 35.5. The second-order valence-corrected chi connectivity index (χ2v) is 4.85. The van der Waals surface area contributed by atoms with E-state index in [1.807, 2.05) is 0 Å². The van der Waals surface area contributed by atoms with Gasteiger partial charge in [0.05, 0.1) is 16.7 Å². The summed E-state index contributed by atoms with van der Waals surface area (Å²) in [5, 5.41) is 0.304. The van der Waals surface area contributed by atoms with E-state index in [0.29, 0.717) is 20.8 Å². The summed E-state index contributed by atoms with van der Waals surface area (Å²) in [6.45, 7) is 0. The second-order valence-electron chi connectivity index (χ2n) is 4.02. The molecule has 0 aliphatic rings. The molecule has 2 aromatic carbocycles. The summed E-state index contributed by atoms with van der Waals surface area (Å²) < 4.78 is 28.9. The molecule has 2 nitrogen and oxygen atoms in total. The lowest BCUT2D eigenvalue weighted by molar-refractivity contribution is 0.619. The highest BCUT2D eigenvalue weighted by Crippen LogP contribution is 2.24. The maximum atomic E-state index is 14.0. The van der Waals surface area contributed by atoms with E-state index in [2.05, 4.69) is 4.98 Å². The fourth-order valence-electron chi connectivity index (χ4n) is 1.99. The number of hydrogen-bond acceptors (Lipinski definition) is 1. The van der Waals surface area contributed by atoms with Crippen molar-refractivity contribution in [2.45, 2.75) is 0 Å². The molecule has 0 aliphatic heterocycles. The van der Waals surface area contributed by atoms with Crippen LogP contribution in [0.3, 0.4) is 0 Å². The first-order chi connectivity index (χ1) is 9.06. The zero-order valence-electron chi connectivity index (χ0n) is 9.45. The third-order valence-corrected chi connectivity index (χ3v) is 3.31. The minimum Gasteiger partial charge on any atom is -0.330 e. The minimum absolute atomic E-state index is 0.271. The Morgan fingerprint density at radius 1 is 1.11 bits per heavy atom. The van der Waals surface area contributed by atoms with Crippen LogP contribution in [-0.4, -0.2) is 9.55 Å². The highest BCUT2D eigenvalue weighted by molar-refractivity contribution is 7.71. The lowest BCUT2D eigenvalue weighted by atomic mass is 10.2. The van der Waals surface area contributed by atoms with Crippen molar-refractivity contribution < 1.29 is 8.78 Å². The Labute approximate surface area is 117 Å². The number of rotatable bonds is 1. The predicted molar refractivity (Wildman–Crippen MR) is 73.4 cm³/mol. The molecule has 0 aliphatic carbocycles. The molecular weight excluding hydrogens is 290 g/mol. The SMILES string of the molecule is Fc1ccc2c(c1)[nH]c(=S)n2-c1ccc(Cl)cc1F. The summed E-state index contributed by atoms with van der Waals surface area (Å²) in [5.74, 6) is -0.874. The molecule has 0 bridgehead atoms. The highest BCUT2D eigenvalue weighted by Gasteiger charge is 2.11. The first-order valence-electron chi connectivity index (χ1n) is 5.42. The quantitative estimate of drug-likeness (QED) is 0.650. The molecule has 0 amide bonds. The first-order valence-corrected chi connectivity index (χ1v) is 6.20. The molecule has 0 saturated heterocycles. The molecule has 1 aromatic heterocycles. The fourth-order valence-corrected chi connectivity index (χ4v) is 2.45. The summed E-state index contributed by atoms with van der Waals surface area (Å²) in [7, 11) is 0. The second kappa shape index (κ2) is 4.43. The van der Waals surface area contributed by atoms with Crippen molar-refractivity contribution >= 4 is 34.9 Å². The lowest BCUT2D eigenvalue weighted by Crippen LogP contribution is -1.97. The van der Waals surface area contributed by atoms with Crippen LogP contribution in [0.25, 0.3) is 16.7 Å². The van der Waals surface area contributed by atoms with Gasteiger partial charge in [0.15, 0.2) is 4.77 Å². The fraction of sp³-hybridized carbons (Fsp3) is 0. The molecule has 1 N–H and O–H groups in total. The molecule has 0 atom stereocenters. The monoisotopic (exact) mass is 296 g/mol. The van der Waals surface area contributed by atoms with E-state index in [4.69, 9.17) is 23.8 Å². The Hall–Kier alpha value is -1.72. The van der Waals surface area contributed by atoms with E-state index >= 15 is 0 Å². The summed E-state index contributed by atoms with van der Waals surface area (Å²) in [6, 6.07) is 8.48. The van der Waals surface area contributed by atoms with Gasteiger partial charge in [0.2, 0.25) is 0 Å². The van der Waals surface area contributed by atoms with Gasteiger partial charge in [-0.1, -0.05) is 11.6 Å². The van der Waals surface area contributed by atoms with Crippen LogP contribution in [-0.2, 0) is 0 Å². The maximum absolute atomic E-state index is 14.0. The van der Waals surface area contributed by atoms with Gasteiger partial charge in [-0.2, -0.15) is 0 Å². The minimum atomic E-state index is -0.492. The molecule has 3 rings (SSSR count). The standard InChI is InChI=1S/C13H7ClF2N2S/c14-7-1-3-11(9(16)5-7)18-12-4-2-8(15)6-10(12)17-13(18)19/h1-6H,(H,17,19). The smallest absolute Gasteiger partial charge is 0.182 e. The van der Waals surface area contributed by atoms with E-state index in [1.54, 1.807) is 12.1 Å². The Kier molecular flexibility index (Phi) is 2.88. The van der Waals surface area contributed by atoms with Crippen LogP contribution in [0.1, 0.15) is 0 Å². The molecule has 0 saturated carbocycles. The molecule has 0 unspecified atom stereocenters. The molecule has 3 aromatic rings. The van der Waals surface area contributed by atoms with Gasteiger partial charge >= 0.3 is 0 Å². The number of fused-ring (bicyclic) bond motifs is 1. The number of hydrogen-bond donors (Lipinski definition) is 1. The Balaban J connectivity index is 2.36. The summed E-state index contributed by atoms with van der Waals surface area (Å²) in [5.41, 5.74) is 1.39. The Bertz CT molecular complexity index is 838. The van der Waals surface area contributed by atoms with Crippen molar-refractivity contribution in [3.05, 3.63) is 57.8 Å². The number of aromatic nitrogens is 2. The van der Waals surface area contributed by atoms with E-state index < -0.39 is 5.82 Å². The van der Waals surface area contributed by atoms with Crippen LogP contribution in [0.5, 0.6) is 0 Å². The molecule has 19 heavy (non-hydrogen) atoms. The molecule has 96 valence electrons. The van der Waals surface area contributed by atoms with Gasteiger partial charge in [-0.15, -0.1) is 0 Å². The van der Waals surface area contributed by atoms with Crippen LogP contribution >= 0.6 is 23.8 Å². The van der Waals surface area contributed by atoms with Crippen LogP contribution in [0.4, 0.5) is 8.78 Å². The van der Waals surface area contributed by atoms with Gasteiger partial charge in [0, 0.05) is 5.02 Å². The normalized spacial score (nSPS) is 11.1. The van der Waals surface area contributed by atoms with Crippen molar-refractivity contribution in [2.75, 3.05) is 0 Å². The number of benzene rings is 2. The topological polar surface area (TPSA) is 20.7 Å². The van der Waals surface area contributed by atoms with Crippen molar-refractivity contribution in [3.63, 3.8) is 0 Å². The van der Waals surface area contributed by atoms with Crippen molar-refractivity contribution in [3.8, 4) is 5.69 Å². The molecule has 6 heteroatoms. The van der Waals surface area contributed by atoms with Gasteiger partial charge in [-0.25, -0.2) is 8.78 Å². The number of halogens is 3. The van der Waals surface area contributed by atoms with E-state index in [0.717, 1.165) is 0 Å². The van der Waals surface area contributed by atoms with Gasteiger partial charge in [0.1, 0.15) is 11.6 Å². The number of nitrogens with zero attached hydrogens (tertiary/aromatic N) is 1. The number of H-pyrrole nitrogens is 1. The van der Waals surface area contributed by atoms with E-state index in [9.17, 15) is 8.78 Å². The number of imidazole rings is 1. The molecule has 0 spiro atoms.